The number of nitrogens with one attached hydrogen (secondary N) is 4. The predicted molar refractivity (Wildman–Crippen MR) is 183 cm³/mol. The van der Waals surface area contributed by atoms with Gasteiger partial charge >= 0.3 is 11.9 Å². The lowest BCUT2D eigenvalue weighted by Crippen LogP contribution is -2.25. The fourth-order valence-corrected chi connectivity index (χ4v) is 7.50. The Morgan fingerprint density at radius 3 is 2.36 bits per heavy atom. The Balaban J connectivity index is 1.67. The molecule has 0 aromatic carbocycles. The van der Waals surface area contributed by atoms with Crippen molar-refractivity contribution in [3.63, 3.8) is 0 Å². The number of esters is 2. The number of hydrogen-bond acceptors (Lipinski definition) is 6. The van der Waals surface area contributed by atoms with Gasteiger partial charge in [0.25, 0.3) is 0 Å². The molecule has 9 heteroatoms. The predicted octanol–water partition coefficient (Wildman–Crippen LogP) is 4.88. The molecule has 0 amide bonds. The van der Waals surface area contributed by atoms with Crippen LogP contribution in [0.2, 0.25) is 0 Å². The molecule has 4 N–H and O–H groups in total. The second-order valence-corrected chi connectivity index (χ2v) is 12.6. The van der Waals surface area contributed by atoms with Crippen molar-refractivity contribution >= 4 is 47.6 Å². The van der Waals surface area contributed by atoms with Gasteiger partial charge in [0.2, 0.25) is 0 Å². The first-order valence-corrected chi connectivity index (χ1v) is 16.1. The van der Waals surface area contributed by atoms with Gasteiger partial charge in [0, 0.05) is 74.1 Å². The van der Waals surface area contributed by atoms with Crippen molar-refractivity contribution in [1.29, 1.82) is 0 Å². The average molecular weight is 635 g/mol. The first kappa shape index (κ1) is 31.9. The van der Waals surface area contributed by atoms with Crippen LogP contribution in [0.15, 0.2) is 30.6 Å². The summed E-state index contributed by atoms with van der Waals surface area (Å²) in [5.74, 6) is -2.68. The molecule has 1 saturated heterocycles. The molecule has 3 aliphatic rings. The molecule has 47 heavy (non-hydrogen) atoms. The Hall–Kier alpha value is -5.05. The van der Waals surface area contributed by atoms with Gasteiger partial charge in [-0.2, -0.15) is 0 Å². The van der Waals surface area contributed by atoms with Crippen molar-refractivity contribution in [3.8, 4) is 0 Å². The molecule has 6 rings (SSSR count). The number of methoxy groups -OCH3 is 1. The van der Waals surface area contributed by atoms with Crippen molar-refractivity contribution in [2.24, 2.45) is 17.8 Å². The number of allylic oxidation sites excluding steroid dienone is 2. The fraction of sp³-hybridized carbons (Fsp3) is 0.342. The molecule has 1 fully saturated rings. The third kappa shape index (κ3) is 5.14. The number of ether oxygens (including phenoxy) is 2. The third-order valence-electron chi connectivity index (χ3n) is 10.1. The summed E-state index contributed by atoms with van der Waals surface area (Å²) in [6.45, 7) is 18.2. The van der Waals surface area contributed by atoms with Gasteiger partial charge in [-0.05, 0) is 74.1 Å². The summed E-state index contributed by atoms with van der Waals surface area (Å²) in [6, 6.07) is 0. The number of Topliss-reactive ketones (excluding diaryl/α,β-unsaturated/α-hetero) is 1. The van der Waals surface area contributed by atoms with Crippen LogP contribution in [0.3, 0.4) is 0 Å². The van der Waals surface area contributed by atoms with E-state index in [0.717, 1.165) is 67.8 Å². The molecule has 3 atom stereocenters. The number of rotatable bonds is 8. The lowest BCUT2D eigenvalue weighted by molar-refractivity contribution is -0.143. The summed E-state index contributed by atoms with van der Waals surface area (Å²) in [7, 11) is 1.30. The van der Waals surface area contributed by atoms with Crippen LogP contribution in [0.25, 0.3) is 29.9 Å². The highest BCUT2D eigenvalue weighted by Gasteiger charge is 2.48. The number of carbonyl (C=O) groups is 3. The van der Waals surface area contributed by atoms with Gasteiger partial charge in [0.1, 0.15) is 12.5 Å². The summed E-state index contributed by atoms with van der Waals surface area (Å²) in [5, 5.41) is 5.57. The number of ketones is 1. The minimum Gasteiger partial charge on any atom is -0.468 e. The van der Waals surface area contributed by atoms with Crippen molar-refractivity contribution < 1.29 is 23.9 Å². The number of hydrogen-bond donors (Lipinski definition) is 4. The van der Waals surface area contributed by atoms with Gasteiger partial charge in [-0.1, -0.05) is 39.2 Å². The molecular weight excluding hydrogens is 592 g/mol. The van der Waals surface area contributed by atoms with E-state index in [1.54, 1.807) is 6.08 Å². The highest BCUT2D eigenvalue weighted by atomic mass is 16.5. The summed E-state index contributed by atoms with van der Waals surface area (Å²) in [6.07, 6.45) is 11.1. The second-order valence-electron chi connectivity index (χ2n) is 12.6. The Morgan fingerprint density at radius 1 is 0.957 bits per heavy atom. The van der Waals surface area contributed by atoms with Gasteiger partial charge in [-0.25, -0.2) is 0 Å². The maximum absolute atomic E-state index is 14.1. The molecule has 9 nitrogen and oxygen atoms in total. The summed E-state index contributed by atoms with van der Waals surface area (Å²) in [4.78, 5) is 50.9. The zero-order valence-electron chi connectivity index (χ0n) is 27.9. The smallest absolute Gasteiger partial charge is 0.321 e. The zero-order chi connectivity index (χ0) is 33.7. The minimum atomic E-state index is -1.14. The lowest BCUT2D eigenvalue weighted by atomic mass is 9.85. The first-order chi connectivity index (χ1) is 22.5. The average Bonchev–Trinajstić information content (AvgIpc) is 3.79. The van der Waals surface area contributed by atoms with Crippen LogP contribution in [-0.2, 0) is 25.5 Å². The molecule has 244 valence electrons. The van der Waals surface area contributed by atoms with Crippen LogP contribution in [0.5, 0.6) is 0 Å². The summed E-state index contributed by atoms with van der Waals surface area (Å²) in [5.41, 5.74) is 11.1. The van der Waals surface area contributed by atoms with Crippen LogP contribution in [-0.4, -0.2) is 46.4 Å². The molecule has 0 unspecified atom stereocenters. The summed E-state index contributed by atoms with van der Waals surface area (Å²) < 4.78 is 10.5. The Morgan fingerprint density at radius 2 is 1.68 bits per heavy atom. The summed E-state index contributed by atoms with van der Waals surface area (Å²) >= 11 is 0. The highest BCUT2D eigenvalue weighted by molar-refractivity contribution is 6.24. The highest BCUT2D eigenvalue weighted by Crippen LogP contribution is 2.48. The van der Waals surface area contributed by atoms with E-state index < -0.39 is 11.9 Å². The van der Waals surface area contributed by atoms with Crippen molar-refractivity contribution in [1.82, 2.24) is 20.3 Å². The van der Waals surface area contributed by atoms with E-state index in [1.807, 2.05) is 19.1 Å². The monoisotopic (exact) mass is 634 g/mol. The zero-order valence-corrected chi connectivity index (χ0v) is 27.9. The molecule has 0 radical (unpaired) electrons. The minimum absolute atomic E-state index is 0.0814. The number of H-pyrrole nitrogens is 3. The maximum atomic E-state index is 14.1. The maximum Gasteiger partial charge on any atom is 0.321 e. The number of aromatic nitrogens is 3. The van der Waals surface area contributed by atoms with Gasteiger partial charge < -0.3 is 29.7 Å². The molecule has 2 aliphatic heterocycles. The van der Waals surface area contributed by atoms with Crippen molar-refractivity contribution in [2.45, 2.75) is 53.9 Å². The number of fused-ring (bicyclic) bond motifs is 7. The van der Waals surface area contributed by atoms with Crippen molar-refractivity contribution in [2.75, 3.05) is 13.7 Å². The second kappa shape index (κ2) is 12.3. The fourth-order valence-electron chi connectivity index (χ4n) is 7.50. The van der Waals surface area contributed by atoms with E-state index >= 15 is 0 Å². The molecule has 0 saturated carbocycles. The Labute approximate surface area is 274 Å². The van der Waals surface area contributed by atoms with E-state index in [4.69, 9.17) is 9.47 Å². The van der Waals surface area contributed by atoms with E-state index in [1.165, 1.54) is 12.7 Å². The molecular formula is C38H42N4O5. The van der Waals surface area contributed by atoms with E-state index in [9.17, 15) is 14.4 Å². The van der Waals surface area contributed by atoms with E-state index in [0.29, 0.717) is 23.3 Å². The SMILES string of the molecule is C=CCOC(=O)CC[C@@H]1/C2=C3/c4[nH]c(c(C)c4C(=O)[C@@H]3C(=O)OC)/C=c3\[nH]/c(c(C)c3CC)=C\c3[nH]c(c(C)c3C=C)/C=C(\N2)[C@H]1C. The normalized spacial score (nSPS) is 23.6. The standard InChI is InChI=1S/C38H42N4O5/c1-9-14-47-31(43)13-12-24-20(6)27-15-25-18(4)22(10-2)29(39-25)16-26-19(5)23(11-3)30(40-26)17-28-21(7)32-36(42-28)33(35(24)41-27)34(37(32)44)38(45)46-8/h9-10,15-17,20,24,34,39-42H,1-2,11-14H2,3-8H3/b26-16-,27-15-,30-17-,35-33-/t20-,24-,34+/m0/s1. The van der Waals surface area contributed by atoms with Gasteiger partial charge in [-0.3, -0.25) is 14.4 Å². The van der Waals surface area contributed by atoms with Gasteiger partial charge in [-0.15, -0.1) is 0 Å². The quantitative estimate of drug-likeness (QED) is 0.159. The third-order valence-corrected chi connectivity index (χ3v) is 10.1. The van der Waals surface area contributed by atoms with Gasteiger partial charge in [0.15, 0.2) is 5.78 Å². The molecule has 5 heterocycles. The number of carbonyl (C=O) groups excluding carboxylic acids is 3. The first-order valence-electron chi connectivity index (χ1n) is 16.1. The van der Waals surface area contributed by atoms with Gasteiger partial charge in [0.05, 0.1) is 12.8 Å². The number of aromatic amines is 3. The van der Waals surface area contributed by atoms with Crippen LogP contribution < -0.4 is 16.0 Å². The van der Waals surface area contributed by atoms with Crippen molar-refractivity contribution in [3.05, 3.63) is 97.5 Å². The Bertz CT molecular complexity index is 2050. The molecule has 0 spiro atoms. The van der Waals surface area contributed by atoms with Crippen LogP contribution >= 0.6 is 0 Å². The molecule has 3 aromatic heterocycles. The Kier molecular flexibility index (Phi) is 8.34. The lowest BCUT2D eigenvalue weighted by Gasteiger charge is -2.19. The topological polar surface area (TPSA) is 129 Å². The van der Waals surface area contributed by atoms with E-state index in [-0.39, 0.29) is 36.6 Å². The molecule has 3 aromatic rings. The van der Waals surface area contributed by atoms with Crippen LogP contribution in [0, 0.1) is 38.5 Å². The van der Waals surface area contributed by atoms with Crippen LogP contribution in [0.1, 0.15) is 87.6 Å². The molecule has 8 bridgehead atoms. The van der Waals surface area contributed by atoms with Crippen LogP contribution in [0.4, 0.5) is 0 Å². The largest absolute Gasteiger partial charge is 0.468 e. The molecule has 1 aliphatic carbocycles. The van der Waals surface area contributed by atoms with E-state index in [2.05, 4.69) is 73.3 Å².